The monoisotopic (exact) mass is 1280 g/mol. The van der Waals surface area contributed by atoms with E-state index in [1.54, 1.807) is 87.0 Å². The molecule has 3 aliphatic rings. The summed E-state index contributed by atoms with van der Waals surface area (Å²) in [6, 6.07) is 29.0. The molecule has 0 aliphatic carbocycles. The molecule has 0 radical (unpaired) electrons. The van der Waals surface area contributed by atoms with Crippen LogP contribution in [0.3, 0.4) is 0 Å². The van der Waals surface area contributed by atoms with Crippen molar-refractivity contribution < 1.29 is 66.4 Å². The van der Waals surface area contributed by atoms with E-state index in [1.807, 2.05) is 45.9 Å². The molecule has 470 valence electrons. The molecule has 4 aromatic carbocycles. The quantitative estimate of drug-likeness (QED) is 0.0853. The average Bonchev–Trinajstić information content (AvgIpc) is 1.63. The Morgan fingerprint density at radius 2 is 1.08 bits per heavy atom. The van der Waals surface area contributed by atoms with Crippen molar-refractivity contribution in [1.29, 1.82) is 10.5 Å². The van der Waals surface area contributed by atoms with Gasteiger partial charge in [0.05, 0.1) is 97.4 Å². The fraction of sp³-hybridized carbons (Fsp3) is 0.364. The SMILES string of the molecule is CC1(C)OB(c2ccc(OC3CCOCC3)c(C#N)c2)OC1(C)C.COc1cc(C(=O)N(C)CCO)ccc1-c1cc2ncc(Cl)c(-c3ccc(OC4CCOCC4)c(C#N)c3)c2o1.COc1cc(C(=O)N(C)CCO)ccc1-c1cc2ncc(Cl)c(Cl)c2o1. The normalized spacial score (nSPS) is 15.4. The van der Waals surface area contributed by atoms with Crippen molar-refractivity contribution in [2.45, 2.75) is 76.8 Å². The van der Waals surface area contributed by atoms with Crippen LogP contribution < -0.4 is 24.4 Å². The van der Waals surface area contributed by atoms with E-state index in [-0.39, 0.29) is 50.3 Å². The summed E-state index contributed by atoms with van der Waals surface area (Å²) in [4.78, 5) is 36.6. The van der Waals surface area contributed by atoms with E-state index in [0.29, 0.717) is 143 Å². The molecule has 0 atom stereocenters. The third-order valence-electron chi connectivity index (χ3n) is 15.9. The van der Waals surface area contributed by atoms with E-state index < -0.39 is 18.3 Å². The molecule has 11 rings (SSSR count). The van der Waals surface area contributed by atoms with Crippen LogP contribution >= 0.6 is 34.8 Å². The maximum Gasteiger partial charge on any atom is 0.494 e. The molecule has 2 N–H and O–H groups in total. The third kappa shape index (κ3) is 14.9. The first-order valence-corrected chi connectivity index (χ1v) is 30.2. The topological polar surface area (TPSA) is 255 Å². The third-order valence-corrected chi connectivity index (χ3v) is 16.9. The number of rotatable bonds is 16. The van der Waals surface area contributed by atoms with Crippen LogP contribution in [0.1, 0.15) is 85.2 Å². The number of carbonyl (C=O) groups excluding carboxylic acids is 2. The number of methoxy groups -OCH3 is 2. The number of halogens is 3. The standard InChI is InChI=1S/C30H28ClN3O6.C18H24BNO4.C18H16Cl2N2O4/c1-34(9-10-35)30(36)19-3-5-22(26(14-19)37-2)27-15-24-29(40-27)28(23(31)17-33-24)18-4-6-25(20(13-18)16-32)39-21-7-11-38-12-8-21;1-17(2)18(3,4)24-19(23-17)14-5-6-16(13(11-14)12-20)22-15-7-9-21-10-8-15;1-22(5-6-23)18(24)10-3-4-11(14(7-10)25-2)15-8-13-17(26-15)16(20)12(19)9-21-13/h3-6,13-15,17,21,35H,7-12H2,1-2H3;5-6,11,15H,7-10H2,1-4H3;3-4,7-9,23H,5-6H2,1-2H3. The van der Waals surface area contributed by atoms with Crippen molar-refractivity contribution in [3.05, 3.63) is 135 Å². The van der Waals surface area contributed by atoms with Gasteiger partial charge in [0, 0.05) is 94.1 Å². The van der Waals surface area contributed by atoms with Crippen molar-refractivity contribution in [2.75, 3.05) is 81.0 Å². The van der Waals surface area contributed by atoms with E-state index in [0.717, 1.165) is 31.1 Å². The number of fused-ring (bicyclic) bond motifs is 2. The number of aliphatic hydroxyl groups is 2. The smallest absolute Gasteiger partial charge is 0.494 e. The van der Waals surface area contributed by atoms with Gasteiger partial charge in [-0.15, -0.1) is 0 Å². The molecule has 3 saturated heterocycles. The molecule has 0 spiro atoms. The van der Waals surface area contributed by atoms with Gasteiger partial charge in [-0.1, -0.05) is 46.9 Å². The van der Waals surface area contributed by atoms with Crippen LogP contribution in [0.2, 0.25) is 15.1 Å². The van der Waals surface area contributed by atoms with Gasteiger partial charge in [0.25, 0.3) is 11.8 Å². The molecule has 24 heteroatoms. The lowest BCUT2D eigenvalue weighted by Gasteiger charge is -2.32. The number of amides is 2. The molecule has 2 amide bonds. The molecule has 3 aliphatic heterocycles. The number of pyridine rings is 2. The highest BCUT2D eigenvalue weighted by atomic mass is 35.5. The van der Waals surface area contributed by atoms with Crippen LogP contribution in [0.4, 0.5) is 0 Å². The first-order chi connectivity index (χ1) is 43.2. The number of likely N-dealkylation sites (N-methyl/N-ethyl adjacent to an activating group) is 2. The maximum absolute atomic E-state index is 12.7. The van der Waals surface area contributed by atoms with E-state index >= 15 is 0 Å². The number of hydrogen-bond donors (Lipinski definition) is 2. The van der Waals surface area contributed by atoms with E-state index in [4.69, 9.17) is 91.6 Å². The maximum atomic E-state index is 12.7. The van der Waals surface area contributed by atoms with Gasteiger partial charge in [-0.2, -0.15) is 10.5 Å². The van der Waals surface area contributed by atoms with Gasteiger partial charge >= 0.3 is 7.12 Å². The molecule has 0 saturated carbocycles. The predicted molar refractivity (Wildman–Crippen MR) is 341 cm³/mol. The molecule has 90 heavy (non-hydrogen) atoms. The zero-order valence-electron chi connectivity index (χ0n) is 51.1. The number of aromatic nitrogens is 2. The van der Waals surface area contributed by atoms with E-state index in [1.165, 1.54) is 30.2 Å². The zero-order chi connectivity index (χ0) is 64.4. The van der Waals surface area contributed by atoms with E-state index in [9.17, 15) is 20.1 Å². The van der Waals surface area contributed by atoms with Crippen molar-refractivity contribution >= 4 is 81.4 Å². The number of nitrogens with zero attached hydrogens (tertiary/aromatic N) is 6. The molecule has 0 bridgehead atoms. The first-order valence-electron chi connectivity index (χ1n) is 29.1. The Hall–Kier alpha value is -7.93. The van der Waals surface area contributed by atoms with Crippen molar-refractivity contribution in [1.82, 2.24) is 19.8 Å². The second-order valence-electron chi connectivity index (χ2n) is 22.4. The highest BCUT2D eigenvalue weighted by Gasteiger charge is 2.52. The van der Waals surface area contributed by atoms with Crippen LogP contribution in [0, 0.1) is 22.7 Å². The Balaban J connectivity index is 0.000000168. The molecule has 3 fully saturated rings. The molecule has 8 aromatic rings. The number of nitriles is 2. The molecule has 20 nitrogen and oxygen atoms in total. The predicted octanol–water partition coefficient (Wildman–Crippen LogP) is 11.6. The number of ether oxygens (including phenoxy) is 6. The summed E-state index contributed by atoms with van der Waals surface area (Å²) in [5.74, 6) is 2.56. The molecule has 4 aromatic heterocycles. The number of carbonyl (C=O) groups is 2. The minimum atomic E-state index is -0.473. The van der Waals surface area contributed by atoms with Gasteiger partial charge in [0.2, 0.25) is 0 Å². The highest BCUT2D eigenvalue weighted by Crippen LogP contribution is 2.43. The van der Waals surface area contributed by atoms with Gasteiger partial charge in [-0.25, -0.2) is 0 Å². The van der Waals surface area contributed by atoms with Crippen LogP contribution in [0.25, 0.3) is 56.0 Å². The number of benzene rings is 4. The van der Waals surface area contributed by atoms with Crippen LogP contribution in [0.15, 0.2) is 106 Å². The summed E-state index contributed by atoms with van der Waals surface area (Å²) in [7, 11) is 5.79. The second-order valence-corrected chi connectivity index (χ2v) is 23.6. The molecular weight excluding hydrogens is 1220 g/mol. The largest absolute Gasteiger partial charge is 0.496 e. The van der Waals surface area contributed by atoms with Gasteiger partial charge in [-0.3, -0.25) is 19.6 Å². The summed E-state index contributed by atoms with van der Waals surface area (Å²) in [5, 5.41) is 38.4. The van der Waals surface area contributed by atoms with Gasteiger partial charge in [0.1, 0.15) is 74.9 Å². The lowest BCUT2D eigenvalue weighted by atomic mass is 9.78. The highest BCUT2D eigenvalue weighted by molar-refractivity contribution is 6.62. The molecular formula is C66H68BCl3N6O14. The summed E-state index contributed by atoms with van der Waals surface area (Å²) >= 11 is 18.8. The van der Waals surface area contributed by atoms with Crippen molar-refractivity contribution in [3.8, 4) is 68.9 Å². The van der Waals surface area contributed by atoms with Gasteiger partial charge < -0.3 is 66.6 Å². The molecule has 7 heterocycles. The Morgan fingerprint density at radius 3 is 1.56 bits per heavy atom. The Morgan fingerprint density at radius 1 is 0.622 bits per heavy atom. The molecule has 0 unspecified atom stereocenters. The second kappa shape index (κ2) is 29.4. The number of aliphatic hydroxyl groups excluding tert-OH is 2. The fourth-order valence-electron chi connectivity index (χ4n) is 10.1. The van der Waals surface area contributed by atoms with Crippen LogP contribution in [0.5, 0.6) is 23.0 Å². The van der Waals surface area contributed by atoms with Gasteiger partial charge in [0.15, 0.2) is 11.2 Å². The Kier molecular flexibility index (Phi) is 21.7. The van der Waals surface area contributed by atoms with E-state index in [2.05, 4.69) is 22.1 Å². The summed E-state index contributed by atoms with van der Waals surface area (Å²) < 4.78 is 58.0. The lowest BCUT2D eigenvalue weighted by molar-refractivity contribution is 0.00578. The fourth-order valence-corrected chi connectivity index (χ4v) is 10.7. The zero-order valence-corrected chi connectivity index (χ0v) is 53.3. The summed E-state index contributed by atoms with van der Waals surface area (Å²) in [5.41, 5.74) is 6.34. The van der Waals surface area contributed by atoms with Crippen molar-refractivity contribution in [2.24, 2.45) is 0 Å². The summed E-state index contributed by atoms with van der Waals surface area (Å²) in [6.07, 6.45) is 6.37. The number of hydrogen-bond acceptors (Lipinski definition) is 18. The van der Waals surface area contributed by atoms with Crippen molar-refractivity contribution in [3.63, 3.8) is 0 Å². The lowest BCUT2D eigenvalue weighted by Crippen LogP contribution is -2.41. The number of furan rings is 2. The van der Waals surface area contributed by atoms with Crippen LogP contribution in [-0.4, -0.2) is 153 Å². The van der Waals surface area contributed by atoms with Gasteiger partial charge in [-0.05, 0) is 99.4 Å². The minimum absolute atomic E-state index is 0.00212. The summed E-state index contributed by atoms with van der Waals surface area (Å²) in [6.45, 7) is 11.0. The Bertz CT molecular complexity index is 3970. The Labute approximate surface area is 536 Å². The minimum Gasteiger partial charge on any atom is -0.496 e. The average molecular weight is 1290 g/mol. The van der Waals surface area contributed by atoms with Crippen LogP contribution in [-0.2, 0) is 18.8 Å². The first kappa shape index (κ1) is 66.5.